The van der Waals surface area contributed by atoms with Crippen molar-refractivity contribution in [1.29, 1.82) is 0 Å². The third-order valence-electron chi connectivity index (χ3n) is 3.98. The molecule has 2 aromatic rings. The summed E-state index contributed by atoms with van der Waals surface area (Å²) in [4.78, 5) is 23.8. The molecule has 0 amide bonds. The number of fused-ring (bicyclic) bond motifs is 1. The number of nitrogens with two attached hydrogens (primary N) is 1. The van der Waals surface area contributed by atoms with Crippen LogP contribution >= 0.6 is 0 Å². The zero-order valence-corrected chi connectivity index (χ0v) is 11.3. The Morgan fingerprint density at radius 3 is 3.10 bits per heavy atom. The number of esters is 1. The van der Waals surface area contributed by atoms with Gasteiger partial charge in [-0.2, -0.15) is 0 Å². The Balaban J connectivity index is 1.80. The SMILES string of the molecule is COC(=O)CC1CCC(n2cnc3c(N)ncnc32)C1. The van der Waals surface area contributed by atoms with Crippen molar-refractivity contribution in [2.75, 3.05) is 12.8 Å². The third kappa shape index (κ3) is 2.19. The van der Waals surface area contributed by atoms with Gasteiger partial charge in [0.25, 0.3) is 0 Å². The Kier molecular flexibility index (Phi) is 3.25. The number of rotatable bonds is 3. The van der Waals surface area contributed by atoms with Crippen LogP contribution in [0.15, 0.2) is 12.7 Å². The topological polar surface area (TPSA) is 95.9 Å². The molecule has 0 radical (unpaired) electrons. The van der Waals surface area contributed by atoms with Gasteiger partial charge in [0, 0.05) is 12.5 Å². The molecule has 3 rings (SSSR count). The average molecular weight is 275 g/mol. The summed E-state index contributed by atoms with van der Waals surface area (Å²) >= 11 is 0. The molecule has 1 fully saturated rings. The summed E-state index contributed by atoms with van der Waals surface area (Å²) in [5.41, 5.74) is 7.20. The zero-order chi connectivity index (χ0) is 14.1. The quantitative estimate of drug-likeness (QED) is 0.848. The fourth-order valence-corrected chi connectivity index (χ4v) is 2.94. The molecule has 0 bridgehead atoms. The van der Waals surface area contributed by atoms with E-state index in [0.717, 1.165) is 24.9 Å². The number of methoxy groups -OCH3 is 1. The van der Waals surface area contributed by atoms with E-state index in [1.165, 1.54) is 13.4 Å². The van der Waals surface area contributed by atoms with Gasteiger partial charge in [0.2, 0.25) is 0 Å². The van der Waals surface area contributed by atoms with Crippen LogP contribution in [0.2, 0.25) is 0 Å². The smallest absolute Gasteiger partial charge is 0.305 e. The molecule has 2 atom stereocenters. The first-order valence-corrected chi connectivity index (χ1v) is 6.69. The second-order valence-corrected chi connectivity index (χ2v) is 5.20. The van der Waals surface area contributed by atoms with Crippen LogP contribution in [0.3, 0.4) is 0 Å². The summed E-state index contributed by atoms with van der Waals surface area (Å²) in [6.07, 6.45) is 6.66. The van der Waals surface area contributed by atoms with Crippen molar-refractivity contribution in [1.82, 2.24) is 19.5 Å². The summed E-state index contributed by atoms with van der Waals surface area (Å²) < 4.78 is 6.78. The standard InChI is InChI=1S/C13H17N5O2/c1-20-10(19)5-8-2-3-9(4-8)18-7-17-11-12(14)15-6-16-13(11)18/h6-9H,2-5H2,1H3,(H2,14,15,16). The van der Waals surface area contributed by atoms with Crippen LogP contribution in [0, 0.1) is 5.92 Å². The fourth-order valence-electron chi connectivity index (χ4n) is 2.94. The Morgan fingerprint density at radius 2 is 2.30 bits per heavy atom. The maximum atomic E-state index is 11.3. The molecule has 2 heterocycles. The molecular weight excluding hydrogens is 258 g/mol. The van der Waals surface area contributed by atoms with E-state index in [1.807, 2.05) is 4.57 Å². The third-order valence-corrected chi connectivity index (χ3v) is 3.98. The first kappa shape index (κ1) is 12.8. The highest BCUT2D eigenvalue weighted by Crippen LogP contribution is 2.37. The predicted molar refractivity (Wildman–Crippen MR) is 72.7 cm³/mol. The van der Waals surface area contributed by atoms with Crippen LogP contribution in [0.25, 0.3) is 11.2 Å². The summed E-state index contributed by atoms with van der Waals surface area (Å²) in [6.45, 7) is 0. The molecule has 1 aliphatic carbocycles. The van der Waals surface area contributed by atoms with Gasteiger partial charge in [-0.1, -0.05) is 0 Å². The van der Waals surface area contributed by atoms with Gasteiger partial charge in [0.05, 0.1) is 13.4 Å². The van der Waals surface area contributed by atoms with Crippen LogP contribution in [0.4, 0.5) is 5.82 Å². The van der Waals surface area contributed by atoms with Crippen molar-refractivity contribution in [2.24, 2.45) is 5.92 Å². The number of nitrogens with zero attached hydrogens (tertiary/aromatic N) is 4. The van der Waals surface area contributed by atoms with E-state index in [1.54, 1.807) is 6.33 Å². The van der Waals surface area contributed by atoms with Crippen LogP contribution in [0.1, 0.15) is 31.7 Å². The molecule has 0 aliphatic heterocycles. The highest BCUT2D eigenvalue weighted by Gasteiger charge is 2.29. The van der Waals surface area contributed by atoms with Crippen molar-refractivity contribution < 1.29 is 9.53 Å². The minimum atomic E-state index is -0.141. The van der Waals surface area contributed by atoms with E-state index in [0.29, 0.717) is 29.7 Å². The molecule has 7 heteroatoms. The van der Waals surface area contributed by atoms with Gasteiger partial charge in [-0.05, 0) is 25.2 Å². The van der Waals surface area contributed by atoms with Gasteiger partial charge < -0.3 is 15.0 Å². The monoisotopic (exact) mass is 275 g/mol. The van der Waals surface area contributed by atoms with Crippen molar-refractivity contribution in [3.63, 3.8) is 0 Å². The van der Waals surface area contributed by atoms with Crippen LogP contribution in [0.5, 0.6) is 0 Å². The summed E-state index contributed by atoms with van der Waals surface area (Å²) in [5, 5.41) is 0. The molecule has 0 saturated heterocycles. The molecular formula is C13H17N5O2. The lowest BCUT2D eigenvalue weighted by Gasteiger charge is -2.12. The van der Waals surface area contributed by atoms with Gasteiger partial charge in [-0.25, -0.2) is 15.0 Å². The number of hydrogen-bond acceptors (Lipinski definition) is 6. The van der Waals surface area contributed by atoms with Crippen LogP contribution < -0.4 is 5.73 Å². The number of ether oxygens (including phenoxy) is 1. The molecule has 106 valence electrons. The number of carbonyl (C=O) groups excluding carboxylic acids is 1. The number of hydrogen-bond donors (Lipinski definition) is 1. The van der Waals surface area contributed by atoms with E-state index >= 15 is 0 Å². The minimum absolute atomic E-state index is 0.141. The highest BCUT2D eigenvalue weighted by atomic mass is 16.5. The fraction of sp³-hybridized carbons (Fsp3) is 0.538. The van der Waals surface area contributed by atoms with Gasteiger partial charge in [-0.15, -0.1) is 0 Å². The van der Waals surface area contributed by atoms with Crippen molar-refractivity contribution in [2.45, 2.75) is 31.7 Å². The van der Waals surface area contributed by atoms with E-state index in [-0.39, 0.29) is 5.97 Å². The van der Waals surface area contributed by atoms with Gasteiger partial charge in [-0.3, -0.25) is 4.79 Å². The largest absolute Gasteiger partial charge is 0.469 e. The van der Waals surface area contributed by atoms with Crippen molar-refractivity contribution in [3.05, 3.63) is 12.7 Å². The summed E-state index contributed by atoms with van der Waals surface area (Å²) in [5.74, 6) is 0.625. The predicted octanol–water partition coefficient (Wildman–Crippen LogP) is 1.31. The molecule has 1 aliphatic rings. The number of anilines is 1. The number of nitrogen functional groups attached to an aromatic ring is 1. The molecule has 20 heavy (non-hydrogen) atoms. The molecule has 1 saturated carbocycles. The van der Waals surface area contributed by atoms with E-state index < -0.39 is 0 Å². The second kappa shape index (κ2) is 5.07. The van der Waals surface area contributed by atoms with E-state index in [2.05, 4.69) is 15.0 Å². The van der Waals surface area contributed by atoms with Gasteiger partial charge in [0.15, 0.2) is 11.5 Å². The van der Waals surface area contributed by atoms with Crippen LogP contribution in [-0.4, -0.2) is 32.6 Å². The lowest BCUT2D eigenvalue weighted by Crippen LogP contribution is -2.09. The Morgan fingerprint density at radius 1 is 1.45 bits per heavy atom. The van der Waals surface area contributed by atoms with Gasteiger partial charge >= 0.3 is 5.97 Å². The second-order valence-electron chi connectivity index (χ2n) is 5.20. The molecule has 2 aromatic heterocycles. The summed E-state index contributed by atoms with van der Waals surface area (Å²) in [7, 11) is 1.43. The highest BCUT2D eigenvalue weighted by molar-refractivity contribution is 5.81. The van der Waals surface area contributed by atoms with Crippen molar-refractivity contribution in [3.8, 4) is 0 Å². The van der Waals surface area contributed by atoms with Crippen molar-refractivity contribution >= 4 is 23.0 Å². The van der Waals surface area contributed by atoms with E-state index in [9.17, 15) is 4.79 Å². The molecule has 0 aromatic carbocycles. The lowest BCUT2D eigenvalue weighted by atomic mass is 10.0. The van der Waals surface area contributed by atoms with Gasteiger partial charge in [0.1, 0.15) is 11.8 Å². The number of carbonyl (C=O) groups is 1. The Hall–Kier alpha value is -2.18. The number of imidazole rings is 1. The molecule has 2 N–H and O–H groups in total. The van der Waals surface area contributed by atoms with Crippen LogP contribution in [-0.2, 0) is 9.53 Å². The zero-order valence-electron chi connectivity index (χ0n) is 11.3. The Bertz CT molecular complexity index is 639. The normalized spacial score (nSPS) is 22.2. The maximum absolute atomic E-state index is 11.3. The average Bonchev–Trinajstić information content (AvgIpc) is 3.05. The Labute approximate surface area is 116 Å². The van der Waals surface area contributed by atoms with E-state index in [4.69, 9.17) is 10.5 Å². The first-order valence-electron chi connectivity index (χ1n) is 6.69. The first-order chi connectivity index (χ1) is 9.69. The molecule has 7 nitrogen and oxygen atoms in total. The lowest BCUT2D eigenvalue weighted by molar-refractivity contribution is -0.141. The maximum Gasteiger partial charge on any atom is 0.305 e. The number of aromatic nitrogens is 4. The molecule has 2 unspecified atom stereocenters. The summed E-state index contributed by atoms with van der Waals surface area (Å²) in [6, 6.07) is 0.309. The molecule has 0 spiro atoms. The minimum Gasteiger partial charge on any atom is -0.469 e.